The Labute approximate surface area is 139 Å². The Morgan fingerprint density at radius 2 is 2.12 bits per heavy atom. The molecule has 1 aromatic carbocycles. The number of likely N-dealkylation sites (tertiary alicyclic amines) is 1. The zero-order valence-electron chi connectivity index (χ0n) is 13.3. The number of amides is 1. The summed E-state index contributed by atoms with van der Waals surface area (Å²) in [5.74, 6) is -0.565. The van der Waals surface area contributed by atoms with Gasteiger partial charge in [-0.15, -0.1) is 0 Å². The van der Waals surface area contributed by atoms with Gasteiger partial charge in [0.2, 0.25) is 5.91 Å². The van der Waals surface area contributed by atoms with Crippen molar-refractivity contribution in [3.63, 3.8) is 0 Å². The van der Waals surface area contributed by atoms with Crippen molar-refractivity contribution in [2.75, 3.05) is 32.8 Å². The van der Waals surface area contributed by atoms with Crippen molar-refractivity contribution in [1.82, 2.24) is 9.80 Å². The van der Waals surface area contributed by atoms with E-state index in [2.05, 4.69) is 0 Å². The monoisotopic (exact) mass is 335 g/mol. The average Bonchev–Trinajstić information content (AvgIpc) is 2.95. The smallest absolute Gasteiger partial charge is 0.240 e. The van der Waals surface area contributed by atoms with Gasteiger partial charge in [0.15, 0.2) is 0 Å². The van der Waals surface area contributed by atoms with Crippen LogP contribution < -0.4 is 0 Å². The lowest BCUT2D eigenvalue weighted by Crippen LogP contribution is -2.49. The van der Waals surface area contributed by atoms with Crippen molar-refractivity contribution in [2.45, 2.75) is 25.2 Å². The van der Waals surface area contributed by atoms with E-state index in [9.17, 15) is 13.6 Å². The van der Waals surface area contributed by atoms with Crippen LogP contribution in [0.3, 0.4) is 0 Å². The Balaban J connectivity index is 1.77. The number of benzene rings is 1. The molecule has 0 unspecified atom stereocenters. The summed E-state index contributed by atoms with van der Waals surface area (Å²) >= 11 is 0. The highest BCUT2D eigenvalue weighted by Gasteiger charge is 2.39. The van der Waals surface area contributed by atoms with Gasteiger partial charge in [-0.2, -0.15) is 5.26 Å². The number of hydrogen-bond donors (Lipinski definition) is 0. The highest BCUT2D eigenvalue weighted by Crippen LogP contribution is 2.26. The van der Waals surface area contributed by atoms with Crippen LogP contribution >= 0.6 is 0 Å². The molecule has 0 bridgehead atoms. The molecule has 0 radical (unpaired) electrons. The normalized spacial score (nSPS) is 24.8. The van der Waals surface area contributed by atoms with E-state index in [0.717, 1.165) is 0 Å². The predicted molar refractivity (Wildman–Crippen MR) is 82.2 cm³/mol. The number of hydrogen-bond acceptors (Lipinski definition) is 4. The number of rotatable bonds is 3. The zero-order chi connectivity index (χ0) is 17.1. The van der Waals surface area contributed by atoms with Gasteiger partial charge in [-0.05, 0) is 23.8 Å². The molecule has 0 saturated carbocycles. The van der Waals surface area contributed by atoms with Gasteiger partial charge in [0.25, 0.3) is 0 Å². The van der Waals surface area contributed by atoms with E-state index in [1.807, 2.05) is 6.07 Å². The first kappa shape index (κ1) is 16.8. The molecule has 2 atom stereocenters. The van der Waals surface area contributed by atoms with Crippen molar-refractivity contribution in [1.29, 1.82) is 5.26 Å². The summed E-state index contributed by atoms with van der Waals surface area (Å²) in [7, 11) is 0. The van der Waals surface area contributed by atoms with Gasteiger partial charge in [0.1, 0.15) is 12.0 Å². The van der Waals surface area contributed by atoms with E-state index in [4.69, 9.17) is 10.00 Å². The fourth-order valence-electron chi connectivity index (χ4n) is 3.29. The lowest BCUT2D eigenvalue weighted by molar-refractivity contribution is -0.140. The SMILES string of the molecule is N#Cc1ccc(F)cc1CN1C[C@H](F)C[C@H]1C(=O)N1CCOCC1. The van der Waals surface area contributed by atoms with Gasteiger partial charge in [-0.3, -0.25) is 9.69 Å². The van der Waals surface area contributed by atoms with E-state index in [1.54, 1.807) is 9.80 Å². The van der Waals surface area contributed by atoms with Crippen molar-refractivity contribution in [3.8, 4) is 6.07 Å². The van der Waals surface area contributed by atoms with Crippen LogP contribution in [0.5, 0.6) is 0 Å². The van der Waals surface area contributed by atoms with Crippen molar-refractivity contribution < 1.29 is 18.3 Å². The van der Waals surface area contributed by atoms with E-state index in [0.29, 0.717) is 37.4 Å². The molecule has 0 aliphatic carbocycles. The van der Waals surface area contributed by atoms with Crippen LogP contribution in [0.15, 0.2) is 18.2 Å². The maximum Gasteiger partial charge on any atom is 0.240 e. The Morgan fingerprint density at radius 3 is 2.83 bits per heavy atom. The Hall–Kier alpha value is -2.04. The van der Waals surface area contributed by atoms with Crippen LogP contribution in [-0.2, 0) is 16.1 Å². The van der Waals surface area contributed by atoms with Gasteiger partial charge < -0.3 is 9.64 Å². The molecule has 24 heavy (non-hydrogen) atoms. The number of nitrogens with zero attached hydrogens (tertiary/aromatic N) is 3. The first-order chi connectivity index (χ1) is 11.6. The van der Waals surface area contributed by atoms with Gasteiger partial charge >= 0.3 is 0 Å². The number of ether oxygens (including phenoxy) is 1. The number of morpholine rings is 1. The maximum absolute atomic E-state index is 13.9. The minimum absolute atomic E-state index is 0.113. The number of nitriles is 1. The topological polar surface area (TPSA) is 56.6 Å². The molecule has 0 aromatic heterocycles. The average molecular weight is 335 g/mol. The lowest BCUT2D eigenvalue weighted by Gasteiger charge is -2.32. The third kappa shape index (κ3) is 3.55. The number of halogens is 2. The van der Waals surface area contributed by atoms with Crippen LogP contribution in [0.4, 0.5) is 8.78 Å². The van der Waals surface area contributed by atoms with Crippen molar-refractivity contribution in [3.05, 3.63) is 35.1 Å². The number of alkyl halides is 1. The molecule has 1 amide bonds. The van der Waals surface area contributed by atoms with Crippen LogP contribution in [0, 0.1) is 17.1 Å². The Kier molecular flexibility index (Phi) is 5.07. The number of carbonyl (C=O) groups is 1. The van der Waals surface area contributed by atoms with Gasteiger partial charge in [-0.1, -0.05) is 0 Å². The summed E-state index contributed by atoms with van der Waals surface area (Å²) in [6.07, 6.45) is -0.966. The summed E-state index contributed by atoms with van der Waals surface area (Å²) in [5, 5.41) is 9.16. The van der Waals surface area contributed by atoms with E-state index in [-0.39, 0.29) is 25.4 Å². The van der Waals surface area contributed by atoms with Crippen LogP contribution in [0.25, 0.3) is 0 Å². The fraction of sp³-hybridized carbons (Fsp3) is 0.529. The van der Waals surface area contributed by atoms with Gasteiger partial charge in [-0.25, -0.2) is 8.78 Å². The molecular weight excluding hydrogens is 316 g/mol. The fourth-order valence-corrected chi connectivity index (χ4v) is 3.29. The van der Waals surface area contributed by atoms with E-state index >= 15 is 0 Å². The molecule has 2 aliphatic heterocycles. The second-order valence-corrected chi connectivity index (χ2v) is 6.13. The van der Waals surface area contributed by atoms with Crippen molar-refractivity contribution >= 4 is 5.91 Å². The van der Waals surface area contributed by atoms with Gasteiger partial charge in [0, 0.05) is 32.6 Å². The largest absolute Gasteiger partial charge is 0.378 e. The molecule has 2 heterocycles. The van der Waals surface area contributed by atoms with Crippen LogP contribution in [0.1, 0.15) is 17.5 Å². The standard InChI is InChI=1S/C17H19F2N3O2/c18-14-2-1-12(9-20)13(7-14)10-22-11-15(19)8-16(22)17(23)21-3-5-24-6-4-21/h1-2,7,15-16H,3-6,8,10-11H2/t15-,16+/m1/s1. The van der Waals surface area contributed by atoms with E-state index < -0.39 is 18.0 Å². The molecule has 2 aliphatic rings. The second-order valence-electron chi connectivity index (χ2n) is 6.13. The number of carbonyl (C=O) groups excluding carboxylic acids is 1. The predicted octanol–water partition coefficient (Wildman–Crippen LogP) is 1.47. The second kappa shape index (κ2) is 7.24. The Bertz CT molecular complexity index is 656. The molecule has 128 valence electrons. The molecule has 3 rings (SSSR count). The first-order valence-corrected chi connectivity index (χ1v) is 8.01. The first-order valence-electron chi connectivity index (χ1n) is 8.01. The third-order valence-corrected chi connectivity index (χ3v) is 4.52. The summed E-state index contributed by atoms with van der Waals surface area (Å²) in [4.78, 5) is 16.1. The summed E-state index contributed by atoms with van der Waals surface area (Å²) in [6.45, 7) is 2.27. The van der Waals surface area contributed by atoms with Crippen LogP contribution in [-0.4, -0.2) is 60.8 Å². The lowest BCUT2D eigenvalue weighted by atomic mass is 10.1. The summed E-state index contributed by atoms with van der Waals surface area (Å²) < 4.78 is 32.7. The molecule has 1 aromatic rings. The molecule has 2 fully saturated rings. The molecule has 5 nitrogen and oxygen atoms in total. The highest BCUT2D eigenvalue weighted by molar-refractivity contribution is 5.82. The minimum Gasteiger partial charge on any atom is -0.378 e. The zero-order valence-corrected chi connectivity index (χ0v) is 13.3. The molecular formula is C17H19F2N3O2. The summed E-state index contributed by atoms with van der Waals surface area (Å²) in [6, 6.07) is 5.35. The third-order valence-electron chi connectivity index (χ3n) is 4.52. The quantitative estimate of drug-likeness (QED) is 0.839. The van der Waals surface area contributed by atoms with Crippen molar-refractivity contribution in [2.24, 2.45) is 0 Å². The summed E-state index contributed by atoms with van der Waals surface area (Å²) in [5.41, 5.74) is 0.822. The molecule has 7 heteroatoms. The highest BCUT2D eigenvalue weighted by atomic mass is 19.1. The minimum atomic E-state index is -1.10. The van der Waals surface area contributed by atoms with Crippen LogP contribution in [0.2, 0.25) is 0 Å². The maximum atomic E-state index is 13.9. The molecule has 0 spiro atoms. The van der Waals surface area contributed by atoms with Gasteiger partial charge in [0.05, 0.1) is 30.9 Å². The van der Waals surface area contributed by atoms with E-state index in [1.165, 1.54) is 18.2 Å². The Morgan fingerprint density at radius 1 is 1.38 bits per heavy atom. The molecule has 2 saturated heterocycles. The molecule has 0 N–H and O–H groups in total.